The average Bonchev–Trinajstić information content (AvgIpc) is 2.67. The van der Waals surface area contributed by atoms with E-state index in [1.165, 1.54) is 25.7 Å². The highest BCUT2D eigenvalue weighted by Gasteiger charge is 2.47. The van der Waals surface area contributed by atoms with E-state index in [4.69, 9.17) is 0 Å². The Morgan fingerprint density at radius 3 is 1.90 bits per heavy atom. The van der Waals surface area contributed by atoms with Crippen molar-refractivity contribution in [2.45, 2.75) is 105 Å². The van der Waals surface area contributed by atoms with Crippen molar-refractivity contribution in [3.63, 3.8) is 0 Å². The van der Waals surface area contributed by atoms with Crippen LogP contribution in [-0.2, 0) is 9.59 Å². The molecule has 0 heterocycles. The summed E-state index contributed by atoms with van der Waals surface area (Å²) in [6.07, 6.45) is 17.4. The summed E-state index contributed by atoms with van der Waals surface area (Å²) < 4.78 is 0. The molecule has 0 aliphatic heterocycles. The number of hydrogen-bond acceptors (Lipinski definition) is 2. The molecule has 4 heteroatoms. The van der Waals surface area contributed by atoms with E-state index < -0.39 is 23.3 Å². The molecule has 0 saturated carbocycles. The number of carboxylic acids is 2. The fraction of sp³-hybridized carbons (Fsp3) is 0.769. The monoisotopic (exact) mass is 420 g/mol. The molecule has 2 unspecified atom stereocenters. The zero-order valence-electron chi connectivity index (χ0n) is 19.7. The van der Waals surface area contributed by atoms with E-state index in [1.807, 2.05) is 6.08 Å². The summed E-state index contributed by atoms with van der Waals surface area (Å²) in [7, 11) is 0. The number of allylic oxidation sites excluding steroid dienone is 2. The average molecular weight is 421 g/mol. The van der Waals surface area contributed by atoms with E-state index in [1.54, 1.807) is 12.2 Å². The summed E-state index contributed by atoms with van der Waals surface area (Å²) in [5.41, 5.74) is -0.343. The van der Waals surface area contributed by atoms with E-state index in [9.17, 15) is 19.8 Å². The number of hydrogen-bond donors (Lipinski definition) is 2. The Bertz CT molecular complexity index is 588. The van der Waals surface area contributed by atoms with Crippen molar-refractivity contribution in [2.75, 3.05) is 0 Å². The van der Waals surface area contributed by atoms with Crippen molar-refractivity contribution in [3.8, 4) is 0 Å². The summed E-state index contributed by atoms with van der Waals surface area (Å²) in [5, 5.41) is 19.7. The second-order valence-corrected chi connectivity index (χ2v) is 9.93. The van der Waals surface area contributed by atoms with Gasteiger partial charge in [-0.15, -0.1) is 0 Å². The van der Waals surface area contributed by atoms with Crippen LogP contribution in [0.15, 0.2) is 23.8 Å². The van der Waals surface area contributed by atoms with Gasteiger partial charge in [-0.2, -0.15) is 0 Å². The molecular weight excluding hydrogens is 376 g/mol. The third-order valence-electron chi connectivity index (χ3n) is 6.31. The standard InChI is InChI=1S/C26H44O4/c1-20(2)13-9-5-6-11-15-22-16-18-26(25(29)30,23(19-22)24(27)28)17-12-8-7-10-14-21(3)4/h16,18-21,23H,5-15,17H2,1-4H3,(H,27,28)(H,29,30). The molecular formula is C26H44O4. The fourth-order valence-corrected chi connectivity index (χ4v) is 4.35. The molecule has 172 valence electrons. The Hall–Kier alpha value is -1.58. The zero-order valence-corrected chi connectivity index (χ0v) is 19.7. The summed E-state index contributed by atoms with van der Waals surface area (Å²) in [5.74, 6) is -1.60. The Morgan fingerprint density at radius 2 is 1.40 bits per heavy atom. The maximum Gasteiger partial charge on any atom is 0.314 e. The summed E-state index contributed by atoms with van der Waals surface area (Å²) >= 11 is 0. The lowest BCUT2D eigenvalue weighted by molar-refractivity contribution is -0.157. The van der Waals surface area contributed by atoms with Gasteiger partial charge in [-0.3, -0.25) is 9.59 Å². The molecule has 2 N–H and O–H groups in total. The third-order valence-corrected chi connectivity index (χ3v) is 6.31. The molecule has 0 saturated heterocycles. The molecule has 0 amide bonds. The molecule has 0 bridgehead atoms. The van der Waals surface area contributed by atoms with Gasteiger partial charge in [0.1, 0.15) is 5.41 Å². The van der Waals surface area contributed by atoms with Gasteiger partial charge in [0.2, 0.25) is 0 Å². The van der Waals surface area contributed by atoms with Crippen LogP contribution in [0.2, 0.25) is 0 Å². The normalized spacial score (nSPS) is 21.3. The zero-order chi connectivity index (χ0) is 22.6. The first kappa shape index (κ1) is 26.5. The third kappa shape index (κ3) is 9.06. The molecule has 4 nitrogen and oxygen atoms in total. The second-order valence-electron chi connectivity index (χ2n) is 9.93. The quantitative estimate of drug-likeness (QED) is 0.258. The second kappa shape index (κ2) is 13.7. The molecule has 2 atom stereocenters. The van der Waals surface area contributed by atoms with Gasteiger partial charge in [-0.25, -0.2) is 0 Å². The molecule has 1 aliphatic carbocycles. The first-order valence-electron chi connectivity index (χ1n) is 12.0. The van der Waals surface area contributed by atoms with Crippen LogP contribution >= 0.6 is 0 Å². The largest absolute Gasteiger partial charge is 0.481 e. The van der Waals surface area contributed by atoms with Gasteiger partial charge in [0.25, 0.3) is 0 Å². The highest BCUT2D eigenvalue weighted by Crippen LogP contribution is 2.41. The van der Waals surface area contributed by atoms with Crippen LogP contribution in [0.25, 0.3) is 0 Å². The van der Waals surface area contributed by atoms with Crippen LogP contribution in [-0.4, -0.2) is 22.2 Å². The predicted octanol–water partition coefficient (Wildman–Crippen LogP) is 7.25. The minimum Gasteiger partial charge on any atom is -0.481 e. The van der Waals surface area contributed by atoms with Crippen molar-refractivity contribution in [2.24, 2.45) is 23.2 Å². The number of aliphatic carboxylic acids is 2. The highest BCUT2D eigenvalue weighted by molar-refractivity contribution is 5.87. The Kier molecular flexibility index (Phi) is 12.1. The SMILES string of the molecule is CC(C)CCCCCCC1=CC(C(=O)O)C(CCCCCCC(C)C)(C(=O)O)C=C1. The minimum absolute atomic E-state index is 0.385. The first-order valence-corrected chi connectivity index (χ1v) is 12.0. The molecule has 0 fully saturated rings. The van der Waals surface area contributed by atoms with Crippen molar-refractivity contribution < 1.29 is 19.8 Å². The van der Waals surface area contributed by atoms with Gasteiger partial charge >= 0.3 is 11.9 Å². The maximum absolute atomic E-state index is 12.2. The lowest BCUT2D eigenvalue weighted by atomic mass is 9.68. The van der Waals surface area contributed by atoms with Gasteiger partial charge in [-0.05, 0) is 31.1 Å². The van der Waals surface area contributed by atoms with Crippen molar-refractivity contribution in [1.82, 2.24) is 0 Å². The summed E-state index contributed by atoms with van der Waals surface area (Å²) in [6, 6.07) is 0. The van der Waals surface area contributed by atoms with Crippen molar-refractivity contribution in [1.29, 1.82) is 0 Å². The number of unbranched alkanes of at least 4 members (excludes halogenated alkanes) is 6. The Morgan fingerprint density at radius 1 is 0.867 bits per heavy atom. The maximum atomic E-state index is 12.2. The minimum atomic E-state index is -1.31. The van der Waals surface area contributed by atoms with E-state index in [-0.39, 0.29) is 0 Å². The van der Waals surface area contributed by atoms with Crippen LogP contribution in [0.4, 0.5) is 0 Å². The van der Waals surface area contributed by atoms with E-state index in [0.717, 1.165) is 56.4 Å². The van der Waals surface area contributed by atoms with E-state index in [0.29, 0.717) is 12.3 Å². The van der Waals surface area contributed by atoms with Gasteiger partial charge in [0.15, 0.2) is 0 Å². The van der Waals surface area contributed by atoms with Gasteiger partial charge in [0.05, 0.1) is 5.92 Å². The Balaban J connectivity index is 2.61. The van der Waals surface area contributed by atoms with Crippen LogP contribution < -0.4 is 0 Å². The lowest BCUT2D eigenvalue weighted by Gasteiger charge is -2.33. The molecule has 1 rings (SSSR count). The van der Waals surface area contributed by atoms with Crippen LogP contribution in [0, 0.1) is 23.2 Å². The topological polar surface area (TPSA) is 74.6 Å². The smallest absolute Gasteiger partial charge is 0.314 e. The van der Waals surface area contributed by atoms with Gasteiger partial charge in [-0.1, -0.05) is 109 Å². The lowest BCUT2D eigenvalue weighted by Crippen LogP contribution is -2.41. The van der Waals surface area contributed by atoms with E-state index in [2.05, 4.69) is 27.7 Å². The fourth-order valence-electron chi connectivity index (χ4n) is 4.35. The molecule has 0 aromatic carbocycles. The number of carboxylic acid groups (broad SMARTS) is 2. The number of carbonyl (C=O) groups is 2. The first-order chi connectivity index (χ1) is 14.2. The number of rotatable bonds is 16. The van der Waals surface area contributed by atoms with E-state index >= 15 is 0 Å². The summed E-state index contributed by atoms with van der Waals surface area (Å²) in [6.45, 7) is 8.90. The van der Waals surface area contributed by atoms with Crippen LogP contribution in [0.5, 0.6) is 0 Å². The van der Waals surface area contributed by atoms with Gasteiger partial charge < -0.3 is 10.2 Å². The molecule has 0 aromatic rings. The summed E-state index contributed by atoms with van der Waals surface area (Å²) in [4.78, 5) is 24.1. The van der Waals surface area contributed by atoms with Crippen molar-refractivity contribution in [3.05, 3.63) is 23.8 Å². The molecule has 30 heavy (non-hydrogen) atoms. The molecule has 1 aliphatic rings. The highest BCUT2D eigenvalue weighted by atomic mass is 16.4. The molecule has 0 aromatic heterocycles. The predicted molar refractivity (Wildman–Crippen MR) is 123 cm³/mol. The van der Waals surface area contributed by atoms with Crippen LogP contribution in [0.1, 0.15) is 105 Å². The van der Waals surface area contributed by atoms with Crippen molar-refractivity contribution >= 4 is 11.9 Å². The molecule has 0 spiro atoms. The van der Waals surface area contributed by atoms with Gasteiger partial charge in [0, 0.05) is 0 Å². The Labute approximate surface area is 183 Å². The van der Waals surface area contributed by atoms with Crippen LogP contribution in [0.3, 0.4) is 0 Å². The molecule has 0 radical (unpaired) electrons.